The number of rotatable bonds is 3. The summed E-state index contributed by atoms with van der Waals surface area (Å²) in [5, 5.41) is 7.40. The van der Waals surface area contributed by atoms with Crippen molar-refractivity contribution < 1.29 is 0 Å². The summed E-state index contributed by atoms with van der Waals surface area (Å²) < 4.78 is 0. The van der Waals surface area contributed by atoms with Crippen LogP contribution >= 0.6 is 0 Å². The number of pyridine rings is 1. The molecule has 0 amide bonds. The fourth-order valence-electron chi connectivity index (χ4n) is 1.17. The highest BCUT2D eigenvalue weighted by Crippen LogP contribution is 2.17. The van der Waals surface area contributed by atoms with Crippen molar-refractivity contribution in [3.05, 3.63) is 24.0 Å². The first kappa shape index (κ1) is 10.5. The number of anilines is 1. The Balaban J connectivity index is 3.13. The third-order valence-corrected chi connectivity index (χ3v) is 2.20. The molecule has 0 atom stereocenters. The Morgan fingerprint density at radius 2 is 2.21 bits per heavy atom. The summed E-state index contributed by atoms with van der Waals surface area (Å²) in [6.45, 7) is 4.16. The van der Waals surface area contributed by atoms with Gasteiger partial charge in [0, 0.05) is 19.3 Å². The number of hydrogen-bond donors (Lipinski definition) is 2. The van der Waals surface area contributed by atoms with Gasteiger partial charge in [-0.3, -0.25) is 10.4 Å². The molecule has 1 rings (SSSR count). The Morgan fingerprint density at radius 1 is 1.57 bits per heavy atom. The van der Waals surface area contributed by atoms with Crippen LogP contribution in [0.4, 0.5) is 5.69 Å². The van der Waals surface area contributed by atoms with Gasteiger partial charge in [0.1, 0.15) is 11.5 Å². The topological polar surface area (TPSA) is 66.0 Å². The van der Waals surface area contributed by atoms with Gasteiger partial charge in [0.25, 0.3) is 0 Å². The highest BCUT2D eigenvalue weighted by atomic mass is 15.1. The predicted molar refractivity (Wildman–Crippen MR) is 58.8 cm³/mol. The van der Waals surface area contributed by atoms with Crippen molar-refractivity contribution in [3.63, 3.8) is 0 Å². The average Bonchev–Trinajstić information content (AvgIpc) is 2.16. The summed E-state index contributed by atoms with van der Waals surface area (Å²) in [5.74, 6) is 0.00750. The Morgan fingerprint density at radius 3 is 2.71 bits per heavy atom. The van der Waals surface area contributed by atoms with Crippen LogP contribution in [0.1, 0.15) is 19.5 Å². The molecule has 0 aliphatic heterocycles. The van der Waals surface area contributed by atoms with Gasteiger partial charge in [-0.1, -0.05) is 0 Å². The zero-order valence-corrected chi connectivity index (χ0v) is 8.78. The predicted octanol–water partition coefficient (Wildman–Crippen LogP) is 1.21. The molecule has 0 aliphatic rings. The lowest BCUT2D eigenvalue weighted by atomic mass is 10.2. The SMILES string of the molecule is CC(C)N(C)c1cccnc1C(=N)N. The fourth-order valence-corrected chi connectivity index (χ4v) is 1.17. The van der Waals surface area contributed by atoms with E-state index in [4.69, 9.17) is 11.1 Å². The fraction of sp³-hybridized carbons (Fsp3) is 0.400. The van der Waals surface area contributed by atoms with Crippen LogP contribution in [-0.2, 0) is 0 Å². The minimum Gasteiger partial charge on any atom is -0.382 e. The van der Waals surface area contributed by atoms with Crippen molar-refractivity contribution in [2.75, 3.05) is 11.9 Å². The molecule has 3 N–H and O–H groups in total. The van der Waals surface area contributed by atoms with Gasteiger partial charge in [-0.15, -0.1) is 0 Å². The normalized spacial score (nSPS) is 10.3. The summed E-state index contributed by atoms with van der Waals surface area (Å²) in [6.07, 6.45) is 1.65. The molecule has 4 nitrogen and oxygen atoms in total. The molecule has 0 bridgehead atoms. The second-order valence-corrected chi connectivity index (χ2v) is 3.49. The van der Waals surface area contributed by atoms with Gasteiger partial charge >= 0.3 is 0 Å². The summed E-state index contributed by atoms with van der Waals surface area (Å²) in [5.41, 5.74) is 6.89. The average molecular weight is 192 g/mol. The van der Waals surface area contributed by atoms with Crippen molar-refractivity contribution in [1.82, 2.24) is 4.98 Å². The van der Waals surface area contributed by atoms with Crippen LogP contribution in [0, 0.1) is 5.41 Å². The maximum atomic E-state index is 7.40. The third kappa shape index (κ3) is 2.02. The maximum absolute atomic E-state index is 7.40. The second-order valence-electron chi connectivity index (χ2n) is 3.49. The largest absolute Gasteiger partial charge is 0.382 e. The van der Waals surface area contributed by atoms with E-state index in [1.54, 1.807) is 6.20 Å². The molecule has 0 radical (unpaired) electrons. The zero-order valence-electron chi connectivity index (χ0n) is 8.78. The highest BCUT2D eigenvalue weighted by molar-refractivity contribution is 5.98. The van der Waals surface area contributed by atoms with Crippen molar-refractivity contribution in [1.29, 1.82) is 5.41 Å². The molecule has 1 heterocycles. The van der Waals surface area contributed by atoms with Crippen molar-refractivity contribution in [2.24, 2.45) is 5.73 Å². The summed E-state index contributed by atoms with van der Waals surface area (Å²) in [7, 11) is 1.97. The number of nitrogens with one attached hydrogen (secondary N) is 1. The van der Waals surface area contributed by atoms with E-state index in [2.05, 4.69) is 18.8 Å². The number of nitrogens with two attached hydrogens (primary N) is 1. The van der Waals surface area contributed by atoms with Crippen LogP contribution in [0.3, 0.4) is 0 Å². The lowest BCUT2D eigenvalue weighted by Crippen LogP contribution is -2.29. The van der Waals surface area contributed by atoms with Gasteiger partial charge < -0.3 is 10.6 Å². The molecule has 14 heavy (non-hydrogen) atoms. The number of aromatic nitrogens is 1. The van der Waals surface area contributed by atoms with E-state index < -0.39 is 0 Å². The molecule has 0 aliphatic carbocycles. The molecule has 1 aromatic rings. The molecular weight excluding hydrogens is 176 g/mol. The second kappa shape index (κ2) is 4.09. The maximum Gasteiger partial charge on any atom is 0.143 e. The molecule has 4 heteroatoms. The van der Waals surface area contributed by atoms with E-state index in [1.807, 2.05) is 24.1 Å². The van der Waals surface area contributed by atoms with E-state index >= 15 is 0 Å². The summed E-state index contributed by atoms with van der Waals surface area (Å²) in [6, 6.07) is 4.13. The van der Waals surface area contributed by atoms with Crippen LogP contribution in [0.25, 0.3) is 0 Å². The number of nitrogen functional groups attached to an aromatic ring is 1. The van der Waals surface area contributed by atoms with E-state index in [9.17, 15) is 0 Å². The molecule has 0 aromatic carbocycles. The third-order valence-electron chi connectivity index (χ3n) is 2.20. The summed E-state index contributed by atoms with van der Waals surface area (Å²) in [4.78, 5) is 6.14. The standard InChI is InChI=1S/C10H16N4/c1-7(2)14(3)8-5-4-6-13-9(8)10(11)12/h4-7H,1-3H3,(H3,11,12). The van der Waals surface area contributed by atoms with E-state index in [-0.39, 0.29) is 5.84 Å². The van der Waals surface area contributed by atoms with Crippen molar-refractivity contribution >= 4 is 11.5 Å². The van der Waals surface area contributed by atoms with Crippen molar-refractivity contribution in [3.8, 4) is 0 Å². The first-order valence-electron chi connectivity index (χ1n) is 4.56. The molecule has 0 fully saturated rings. The lowest BCUT2D eigenvalue weighted by Gasteiger charge is -2.25. The lowest BCUT2D eigenvalue weighted by molar-refractivity contribution is 0.752. The molecule has 76 valence electrons. The molecule has 0 saturated heterocycles. The molecule has 0 saturated carbocycles. The smallest absolute Gasteiger partial charge is 0.143 e. The van der Waals surface area contributed by atoms with Gasteiger partial charge in [-0.2, -0.15) is 0 Å². The number of amidine groups is 1. The molecule has 0 spiro atoms. The first-order chi connectivity index (χ1) is 6.54. The Labute approximate surface area is 84.3 Å². The molecular formula is C10H16N4. The van der Waals surface area contributed by atoms with E-state index in [1.165, 1.54) is 0 Å². The Hall–Kier alpha value is -1.58. The van der Waals surface area contributed by atoms with Gasteiger partial charge in [0.2, 0.25) is 0 Å². The molecule has 1 aromatic heterocycles. The van der Waals surface area contributed by atoms with Gasteiger partial charge in [0.05, 0.1) is 5.69 Å². The minimum atomic E-state index is 0.00750. The molecule has 0 unspecified atom stereocenters. The zero-order chi connectivity index (χ0) is 10.7. The van der Waals surface area contributed by atoms with E-state index in [0.717, 1.165) is 5.69 Å². The highest BCUT2D eigenvalue weighted by Gasteiger charge is 2.12. The van der Waals surface area contributed by atoms with Gasteiger partial charge in [0.15, 0.2) is 0 Å². The quantitative estimate of drug-likeness (QED) is 0.559. The van der Waals surface area contributed by atoms with Crippen LogP contribution < -0.4 is 10.6 Å². The van der Waals surface area contributed by atoms with Crippen LogP contribution in [0.5, 0.6) is 0 Å². The number of nitrogens with zero attached hydrogens (tertiary/aromatic N) is 2. The first-order valence-corrected chi connectivity index (χ1v) is 4.56. The van der Waals surface area contributed by atoms with Crippen molar-refractivity contribution in [2.45, 2.75) is 19.9 Å². The minimum absolute atomic E-state index is 0.00750. The van der Waals surface area contributed by atoms with Crippen LogP contribution in [0.15, 0.2) is 18.3 Å². The van der Waals surface area contributed by atoms with Crippen LogP contribution in [-0.4, -0.2) is 23.9 Å². The van der Waals surface area contributed by atoms with Gasteiger partial charge in [-0.25, -0.2) is 0 Å². The van der Waals surface area contributed by atoms with Gasteiger partial charge in [-0.05, 0) is 26.0 Å². The Bertz CT molecular complexity index is 333. The Kier molecular flexibility index (Phi) is 3.06. The summed E-state index contributed by atoms with van der Waals surface area (Å²) >= 11 is 0. The van der Waals surface area contributed by atoms with Crippen LogP contribution in [0.2, 0.25) is 0 Å². The van der Waals surface area contributed by atoms with E-state index in [0.29, 0.717) is 11.7 Å². The monoisotopic (exact) mass is 192 g/mol. The number of hydrogen-bond acceptors (Lipinski definition) is 3.